The lowest BCUT2D eigenvalue weighted by atomic mass is 10.2. The molecule has 0 spiro atoms. The van der Waals surface area contributed by atoms with Crippen molar-refractivity contribution in [3.05, 3.63) is 35.2 Å². The fourth-order valence-electron chi connectivity index (χ4n) is 0.868. The number of hydrogen-bond donors (Lipinski definition) is 1. The van der Waals surface area contributed by atoms with Gasteiger partial charge in [0.2, 0.25) is 0 Å². The van der Waals surface area contributed by atoms with Crippen LogP contribution in [-0.4, -0.2) is 19.0 Å². The Kier molecular flexibility index (Phi) is 3.27. The van der Waals surface area contributed by atoms with Crippen molar-refractivity contribution in [2.24, 2.45) is 0 Å². The van der Waals surface area contributed by atoms with Gasteiger partial charge in [-0.1, -0.05) is 18.2 Å². The lowest BCUT2D eigenvalue weighted by Crippen LogP contribution is -2.20. The molecule has 88 valence electrons. The van der Waals surface area contributed by atoms with E-state index in [-0.39, 0.29) is 16.7 Å². The maximum atomic E-state index is 11.9. The van der Waals surface area contributed by atoms with Crippen molar-refractivity contribution in [3.8, 4) is 5.75 Å². The minimum Gasteiger partial charge on any atom is -0.507 e. The van der Waals surface area contributed by atoms with Crippen LogP contribution in [0.15, 0.2) is 29.7 Å². The Morgan fingerprint density at radius 1 is 1.19 bits per heavy atom. The number of halogens is 3. The number of phenols is 1. The zero-order valence-electron chi connectivity index (χ0n) is 7.77. The second-order valence-corrected chi connectivity index (χ2v) is 4.68. The Hall–Kier alpha value is -1.50. The van der Waals surface area contributed by atoms with Crippen LogP contribution < -0.4 is 0 Å². The Morgan fingerprint density at radius 3 is 2.25 bits per heavy atom. The van der Waals surface area contributed by atoms with Crippen LogP contribution >= 0.6 is 0 Å². The molecule has 0 heterocycles. The molecular weight excluding hydrogens is 245 g/mol. The molecule has 1 aromatic carbocycles. The summed E-state index contributed by atoms with van der Waals surface area (Å²) in [6, 6.07) is 5.45. The van der Waals surface area contributed by atoms with Crippen molar-refractivity contribution in [2.75, 3.05) is 0 Å². The standard InChI is InChI=1S/C9H7F3O3S/c10-9(11,12)16(14,15)6-5-7-3-1-2-4-8(7)13/h1-6,13H/b6-5+. The predicted octanol–water partition coefficient (Wildman–Crippen LogP) is 2.30. The van der Waals surface area contributed by atoms with E-state index >= 15 is 0 Å². The molecule has 0 aliphatic heterocycles. The summed E-state index contributed by atoms with van der Waals surface area (Å²) in [6.07, 6.45) is 0.693. The first-order chi connectivity index (χ1) is 7.24. The third kappa shape index (κ3) is 2.75. The quantitative estimate of drug-likeness (QED) is 0.878. The summed E-state index contributed by atoms with van der Waals surface area (Å²) in [4.78, 5) is 0. The minimum atomic E-state index is -5.33. The predicted molar refractivity (Wildman–Crippen MR) is 52.1 cm³/mol. The van der Waals surface area contributed by atoms with E-state index in [1.165, 1.54) is 24.3 Å². The first-order valence-electron chi connectivity index (χ1n) is 4.01. The molecule has 0 fully saturated rings. The highest BCUT2D eigenvalue weighted by Gasteiger charge is 2.43. The van der Waals surface area contributed by atoms with Crippen LogP contribution in [-0.2, 0) is 9.84 Å². The molecule has 16 heavy (non-hydrogen) atoms. The largest absolute Gasteiger partial charge is 0.507 e. The molecule has 0 bridgehead atoms. The third-order valence-electron chi connectivity index (χ3n) is 1.69. The molecule has 0 saturated heterocycles. The molecule has 0 radical (unpaired) electrons. The van der Waals surface area contributed by atoms with Gasteiger partial charge in [-0.05, 0) is 12.1 Å². The van der Waals surface area contributed by atoms with E-state index in [1.807, 2.05) is 0 Å². The van der Waals surface area contributed by atoms with Crippen LogP contribution in [0.5, 0.6) is 5.75 Å². The van der Waals surface area contributed by atoms with Gasteiger partial charge in [-0.3, -0.25) is 0 Å². The smallest absolute Gasteiger partial charge is 0.501 e. The molecule has 3 nitrogen and oxygen atoms in total. The van der Waals surface area contributed by atoms with Crippen molar-refractivity contribution < 1.29 is 26.7 Å². The Bertz CT molecular complexity index is 503. The molecule has 1 aromatic rings. The number of sulfone groups is 1. The molecule has 0 aromatic heterocycles. The van der Waals surface area contributed by atoms with Gasteiger partial charge in [-0.15, -0.1) is 0 Å². The van der Waals surface area contributed by atoms with Crippen LogP contribution in [0.2, 0.25) is 0 Å². The van der Waals surface area contributed by atoms with Crippen molar-refractivity contribution in [1.82, 2.24) is 0 Å². The van der Waals surface area contributed by atoms with E-state index in [2.05, 4.69) is 0 Å². The van der Waals surface area contributed by atoms with Gasteiger partial charge in [-0.25, -0.2) is 8.42 Å². The maximum Gasteiger partial charge on any atom is 0.501 e. The first-order valence-corrected chi connectivity index (χ1v) is 5.56. The maximum absolute atomic E-state index is 11.9. The van der Waals surface area contributed by atoms with Crippen LogP contribution in [0.4, 0.5) is 13.2 Å². The monoisotopic (exact) mass is 252 g/mol. The van der Waals surface area contributed by atoms with Crippen molar-refractivity contribution in [3.63, 3.8) is 0 Å². The second-order valence-electron chi connectivity index (χ2n) is 2.85. The Labute approximate surface area is 89.8 Å². The van der Waals surface area contributed by atoms with Crippen LogP contribution in [0, 0.1) is 0 Å². The van der Waals surface area contributed by atoms with E-state index in [4.69, 9.17) is 0 Å². The fourth-order valence-corrected chi connectivity index (χ4v) is 1.35. The van der Waals surface area contributed by atoms with Gasteiger partial charge in [0.25, 0.3) is 9.84 Å². The van der Waals surface area contributed by atoms with Crippen molar-refractivity contribution in [1.29, 1.82) is 0 Å². The molecule has 7 heteroatoms. The molecule has 0 unspecified atom stereocenters. The summed E-state index contributed by atoms with van der Waals surface area (Å²) in [5.41, 5.74) is -5.33. The summed E-state index contributed by atoms with van der Waals surface area (Å²) >= 11 is 0. The zero-order chi connectivity index (χ0) is 12.4. The van der Waals surface area contributed by atoms with Crippen LogP contribution in [0.3, 0.4) is 0 Å². The lowest BCUT2D eigenvalue weighted by Gasteiger charge is -2.03. The van der Waals surface area contributed by atoms with Crippen LogP contribution in [0.1, 0.15) is 5.56 Å². The van der Waals surface area contributed by atoms with E-state index < -0.39 is 15.3 Å². The SMILES string of the molecule is O=S(=O)(/C=C/c1ccccc1O)C(F)(F)F. The van der Waals surface area contributed by atoms with Gasteiger partial charge >= 0.3 is 5.51 Å². The van der Waals surface area contributed by atoms with Gasteiger partial charge in [0.05, 0.1) is 0 Å². The number of hydrogen-bond acceptors (Lipinski definition) is 3. The van der Waals surface area contributed by atoms with E-state index in [0.717, 1.165) is 0 Å². The summed E-state index contributed by atoms with van der Waals surface area (Å²) < 4.78 is 57.1. The number of alkyl halides is 3. The number of aromatic hydroxyl groups is 1. The number of rotatable bonds is 2. The van der Waals surface area contributed by atoms with Gasteiger partial charge in [0, 0.05) is 11.0 Å². The molecule has 0 atom stereocenters. The topological polar surface area (TPSA) is 54.4 Å². The molecule has 1 rings (SSSR count). The zero-order valence-corrected chi connectivity index (χ0v) is 8.59. The lowest BCUT2D eigenvalue weighted by molar-refractivity contribution is -0.0423. The highest BCUT2D eigenvalue weighted by atomic mass is 32.2. The molecule has 0 amide bonds. The summed E-state index contributed by atoms with van der Waals surface area (Å²) in [7, 11) is -5.30. The first kappa shape index (κ1) is 12.6. The minimum absolute atomic E-state index is 0.00433. The van der Waals surface area contributed by atoms with E-state index in [1.54, 1.807) is 0 Å². The van der Waals surface area contributed by atoms with Crippen LogP contribution in [0.25, 0.3) is 6.08 Å². The Balaban J connectivity index is 3.04. The van der Waals surface area contributed by atoms with E-state index in [9.17, 15) is 26.7 Å². The average Bonchev–Trinajstić information content (AvgIpc) is 2.15. The number of para-hydroxylation sites is 1. The van der Waals surface area contributed by atoms with Gasteiger partial charge in [0.1, 0.15) is 5.75 Å². The highest BCUT2D eigenvalue weighted by Crippen LogP contribution is 2.26. The van der Waals surface area contributed by atoms with Gasteiger partial charge in [0.15, 0.2) is 0 Å². The van der Waals surface area contributed by atoms with E-state index in [0.29, 0.717) is 6.08 Å². The molecular formula is C9H7F3O3S. The average molecular weight is 252 g/mol. The molecule has 0 aliphatic carbocycles. The Morgan fingerprint density at radius 2 is 1.75 bits per heavy atom. The molecule has 0 aliphatic rings. The van der Waals surface area contributed by atoms with Crippen molar-refractivity contribution >= 4 is 15.9 Å². The normalized spacial score (nSPS) is 13.2. The summed E-state index contributed by atoms with van der Waals surface area (Å²) in [5.74, 6) is -0.295. The summed E-state index contributed by atoms with van der Waals surface area (Å²) in [5, 5.41) is 9.20. The van der Waals surface area contributed by atoms with Gasteiger partial charge < -0.3 is 5.11 Å². The van der Waals surface area contributed by atoms with Gasteiger partial charge in [-0.2, -0.15) is 13.2 Å². The van der Waals surface area contributed by atoms with Crippen molar-refractivity contribution in [2.45, 2.75) is 5.51 Å². The fraction of sp³-hybridized carbons (Fsp3) is 0.111. The summed E-state index contributed by atoms with van der Waals surface area (Å²) in [6.45, 7) is 0. The number of phenolic OH excluding ortho intramolecular Hbond substituents is 1. The highest BCUT2D eigenvalue weighted by molar-refractivity contribution is 7.95. The third-order valence-corrected chi connectivity index (χ3v) is 2.83. The molecule has 1 N–H and O–H groups in total. The molecule has 0 saturated carbocycles. The second kappa shape index (κ2) is 4.17. The number of benzene rings is 1.